The summed E-state index contributed by atoms with van der Waals surface area (Å²) in [6.07, 6.45) is 1.88. The summed E-state index contributed by atoms with van der Waals surface area (Å²) < 4.78 is 30.9. The van der Waals surface area contributed by atoms with Crippen LogP contribution in [0.4, 0.5) is 0 Å². The van der Waals surface area contributed by atoms with Gasteiger partial charge >= 0.3 is 5.97 Å². The summed E-state index contributed by atoms with van der Waals surface area (Å²) in [5.41, 5.74) is 0. The Morgan fingerprint density at radius 1 is 1.36 bits per heavy atom. The number of rotatable bonds is 5. The summed E-state index contributed by atoms with van der Waals surface area (Å²) in [7, 11) is -3.27. The van der Waals surface area contributed by atoms with E-state index < -0.39 is 21.9 Å². The number of esters is 1. The zero-order chi connectivity index (χ0) is 16.2. The smallest absolute Gasteiger partial charge is 0.315 e. The van der Waals surface area contributed by atoms with Gasteiger partial charge in [0.1, 0.15) is 5.75 Å². The van der Waals surface area contributed by atoms with Crippen molar-refractivity contribution in [2.24, 2.45) is 5.92 Å². The van der Waals surface area contributed by atoms with Crippen LogP contribution in [0, 0.1) is 5.92 Å². The van der Waals surface area contributed by atoms with Crippen molar-refractivity contribution in [3.8, 4) is 5.75 Å². The van der Waals surface area contributed by atoms with E-state index in [0.717, 1.165) is 0 Å². The highest BCUT2D eigenvalue weighted by atomic mass is 35.5. The first-order chi connectivity index (χ1) is 10.4. The van der Waals surface area contributed by atoms with Crippen LogP contribution in [0.1, 0.15) is 26.2 Å². The standard InChI is InChI=1S/C15H20ClNO4S/c1-2-10-22(19,20)17-9-3-4-12(11-17)15(18)21-14-7-5-13(16)6-8-14/h5-8,12H,2-4,9-11H2,1H3/t12-/m0/s1. The minimum Gasteiger partial charge on any atom is -0.426 e. The van der Waals surface area contributed by atoms with Crippen LogP contribution in [-0.2, 0) is 14.8 Å². The zero-order valence-electron chi connectivity index (χ0n) is 12.5. The van der Waals surface area contributed by atoms with Gasteiger partial charge in [0.25, 0.3) is 0 Å². The van der Waals surface area contributed by atoms with Gasteiger partial charge in [-0.15, -0.1) is 0 Å². The van der Waals surface area contributed by atoms with Crippen LogP contribution in [-0.4, -0.2) is 37.5 Å². The average Bonchev–Trinajstić information content (AvgIpc) is 2.50. The van der Waals surface area contributed by atoms with Gasteiger partial charge in [0, 0.05) is 18.1 Å². The minimum absolute atomic E-state index is 0.117. The Morgan fingerprint density at radius 3 is 2.68 bits per heavy atom. The first-order valence-corrected chi connectivity index (χ1v) is 9.36. The Hall–Kier alpha value is -1.11. The molecule has 1 aromatic rings. The molecule has 0 unspecified atom stereocenters. The van der Waals surface area contributed by atoms with Crippen LogP contribution in [0.25, 0.3) is 0 Å². The van der Waals surface area contributed by atoms with Crippen molar-refractivity contribution >= 4 is 27.6 Å². The SMILES string of the molecule is CCCS(=O)(=O)N1CCC[C@H](C(=O)Oc2ccc(Cl)cc2)C1. The quantitative estimate of drug-likeness (QED) is 0.608. The number of hydrogen-bond acceptors (Lipinski definition) is 4. The molecule has 0 aromatic heterocycles. The van der Waals surface area contributed by atoms with Crippen molar-refractivity contribution in [1.29, 1.82) is 0 Å². The monoisotopic (exact) mass is 345 g/mol. The zero-order valence-corrected chi connectivity index (χ0v) is 14.1. The van der Waals surface area contributed by atoms with Crippen molar-refractivity contribution in [2.75, 3.05) is 18.8 Å². The van der Waals surface area contributed by atoms with E-state index in [1.54, 1.807) is 24.3 Å². The lowest BCUT2D eigenvalue weighted by Gasteiger charge is -2.30. The Balaban J connectivity index is 1.99. The molecule has 0 bridgehead atoms. The fraction of sp³-hybridized carbons (Fsp3) is 0.533. The second kappa shape index (κ2) is 7.44. The third kappa shape index (κ3) is 4.44. The van der Waals surface area contributed by atoms with Crippen molar-refractivity contribution in [2.45, 2.75) is 26.2 Å². The Kier molecular flexibility index (Phi) is 5.83. The largest absolute Gasteiger partial charge is 0.426 e. The number of piperidine rings is 1. The number of nitrogens with zero attached hydrogens (tertiary/aromatic N) is 1. The molecule has 1 aromatic carbocycles. The van der Waals surface area contributed by atoms with Crippen LogP contribution < -0.4 is 4.74 Å². The van der Waals surface area contributed by atoms with Crippen LogP contribution in [0.15, 0.2) is 24.3 Å². The second-order valence-corrected chi connectivity index (χ2v) is 7.91. The molecule has 1 aliphatic rings. The van der Waals surface area contributed by atoms with Crippen LogP contribution in [0.3, 0.4) is 0 Å². The molecule has 1 heterocycles. The van der Waals surface area contributed by atoms with Gasteiger partial charge in [0.05, 0.1) is 11.7 Å². The molecule has 22 heavy (non-hydrogen) atoms. The Bertz CT molecular complexity index is 615. The molecule has 1 saturated heterocycles. The first kappa shape index (κ1) is 17.2. The molecule has 0 radical (unpaired) electrons. The number of ether oxygens (including phenoxy) is 1. The molecule has 1 aliphatic heterocycles. The summed E-state index contributed by atoms with van der Waals surface area (Å²) in [5, 5.41) is 0.564. The molecule has 0 saturated carbocycles. The third-order valence-electron chi connectivity index (χ3n) is 3.61. The van der Waals surface area contributed by atoms with Crippen LogP contribution in [0.5, 0.6) is 5.75 Å². The summed E-state index contributed by atoms with van der Waals surface area (Å²) in [6.45, 7) is 2.51. The van der Waals surface area contributed by atoms with Gasteiger partial charge in [0.15, 0.2) is 0 Å². The molecule has 5 nitrogen and oxygen atoms in total. The van der Waals surface area contributed by atoms with Crippen molar-refractivity contribution < 1.29 is 17.9 Å². The fourth-order valence-electron chi connectivity index (χ4n) is 2.48. The maximum absolute atomic E-state index is 12.2. The predicted octanol–water partition coefficient (Wildman–Crippen LogP) is 2.70. The molecule has 0 N–H and O–H groups in total. The van der Waals surface area contributed by atoms with Gasteiger partial charge in [0.2, 0.25) is 10.0 Å². The molecule has 1 fully saturated rings. The predicted molar refractivity (Wildman–Crippen MR) is 85.5 cm³/mol. The summed E-state index contributed by atoms with van der Waals surface area (Å²) in [6, 6.07) is 6.52. The third-order valence-corrected chi connectivity index (χ3v) is 5.90. The number of benzene rings is 1. The molecule has 1 atom stereocenters. The van der Waals surface area contributed by atoms with Crippen molar-refractivity contribution in [3.63, 3.8) is 0 Å². The highest BCUT2D eigenvalue weighted by Crippen LogP contribution is 2.23. The lowest BCUT2D eigenvalue weighted by atomic mass is 10.00. The second-order valence-electron chi connectivity index (χ2n) is 5.39. The normalized spacial score (nSPS) is 19.8. The number of hydrogen-bond donors (Lipinski definition) is 0. The van der Waals surface area contributed by atoms with E-state index in [2.05, 4.69) is 0 Å². The van der Waals surface area contributed by atoms with Crippen LogP contribution in [0.2, 0.25) is 5.02 Å². The molecular formula is C15H20ClNO4S. The maximum Gasteiger partial charge on any atom is 0.315 e. The highest BCUT2D eigenvalue weighted by Gasteiger charge is 2.32. The lowest BCUT2D eigenvalue weighted by Crippen LogP contribution is -2.44. The van der Waals surface area contributed by atoms with Gasteiger partial charge < -0.3 is 4.74 Å². The fourth-order valence-corrected chi connectivity index (χ4v) is 4.19. The van der Waals surface area contributed by atoms with Gasteiger partial charge in [-0.25, -0.2) is 12.7 Å². The number of carbonyl (C=O) groups is 1. The molecule has 122 valence electrons. The molecule has 2 rings (SSSR count). The average molecular weight is 346 g/mol. The van der Waals surface area contributed by atoms with Gasteiger partial charge in [-0.3, -0.25) is 4.79 Å². The van der Waals surface area contributed by atoms with E-state index in [1.165, 1.54) is 4.31 Å². The van der Waals surface area contributed by atoms with E-state index in [-0.39, 0.29) is 12.3 Å². The van der Waals surface area contributed by atoms with Gasteiger partial charge in [-0.2, -0.15) is 0 Å². The summed E-state index contributed by atoms with van der Waals surface area (Å²) in [4.78, 5) is 12.2. The first-order valence-electron chi connectivity index (χ1n) is 7.37. The molecule has 7 heteroatoms. The lowest BCUT2D eigenvalue weighted by molar-refractivity contribution is -0.140. The Labute approximate surface area is 136 Å². The summed E-state index contributed by atoms with van der Waals surface area (Å²) in [5.74, 6) is -0.274. The van der Waals surface area contributed by atoms with Crippen molar-refractivity contribution in [1.82, 2.24) is 4.31 Å². The van der Waals surface area contributed by atoms with E-state index >= 15 is 0 Å². The van der Waals surface area contributed by atoms with E-state index in [9.17, 15) is 13.2 Å². The molecular weight excluding hydrogens is 326 g/mol. The minimum atomic E-state index is -3.27. The number of sulfonamides is 1. The van der Waals surface area contributed by atoms with Gasteiger partial charge in [-0.05, 0) is 43.5 Å². The van der Waals surface area contributed by atoms with Crippen molar-refractivity contribution in [3.05, 3.63) is 29.3 Å². The Morgan fingerprint density at radius 2 is 2.05 bits per heavy atom. The van der Waals surface area contributed by atoms with Crippen LogP contribution >= 0.6 is 11.6 Å². The highest BCUT2D eigenvalue weighted by molar-refractivity contribution is 7.89. The summed E-state index contributed by atoms with van der Waals surface area (Å²) >= 11 is 5.78. The maximum atomic E-state index is 12.2. The number of halogens is 1. The van der Waals surface area contributed by atoms with E-state index in [0.29, 0.717) is 36.6 Å². The molecule has 0 amide bonds. The van der Waals surface area contributed by atoms with E-state index in [4.69, 9.17) is 16.3 Å². The van der Waals surface area contributed by atoms with Gasteiger partial charge in [-0.1, -0.05) is 18.5 Å². The molecule has 0 aliphatic carbocycles. The molecule has 0 spiro atoms. The topological polar surface area (TPSA) is 63.7 Å². The van der Waals surface area contributed by atoms with E-state index in [1.807, 2.05) is 6.92 Å². The number of carbonyl (C=O) groups excluding carboxylic acids is 1.